The van der Waals surface area contributed by atoms with Gasteiger partial charge in [-0.25, -0.2) is 0 Å². The van der Waals surface area contributed by atoms with Crippen molar-refractivity contribution in [3.8, 4) is 0 Å². The van der Waals surface area contributed by atoms with Crippen LogP contribution in [0, 0.1) is 5.92 Å². The first-order chi connectivity index (χ1) is 11.5. The van der Waals surface area contributed by atoms with Gasteiger partial charge in [-0.05, 0) is 42.9 Å². The minimum Gasteiger partial charge on any atom is -0.326 e. The third-order valence-electron chi connectivity index (χ3n) is 3.93. The van der Waals surface area contributed by atoms with Gasteiger partial charge in [-0.1, -0.05) is 26.0 Å². The van der Waals surface area contributed by atoms with Gasteiger partial charge in [0.05, 0.1) is 0 Å². The second-order valence-corrected chi connectivity index (χ2v) is 6.44. The Kier molecular flexibility index (Phi) is 6.29. The molecule has 0 aromatic heterocycles. The molecule has 1 N–H and O–H groups in total. The Hall–Kier alpha value is -2.43. The maximum absolute atomic E-state index is 11.9. The van der Waals surface area contributed by atoms with E-state index in [1.165, 1.54) is 17.7 Å². The maximum atomic E-state index is 11.9. The fraction of sp³-hybridized carbons (Fsp3) is 0.421. The molecular weight excluding hydrogens is 304 g/mol. The highest BCUT2D eigenvalue weighted by molar-refractivity contribution is 6.12. The second-order valence-electron chi connectivity index (χ2n) is 6.44. The summed E-state index contributed by atoms with van der Waals surface area (Å²) in [6.45, 7) is 4.67. The van der Waals surface area contributed by atoms with Crippen LogP contribution in [0.5, 0.6) is 0 Å². The zero-order valence-electron chi connectivity index (χ0n) is 14.2. The summed E-state index contributed by atoms with van der Waals surface area (Å²) in [5, 5.41) is 2.84. The molecule has 0 radical (unpaired) electrons. The number of rotatable bonds is 8. The van der Waals surface area contributed by atoms with E-state index in [4.69, 9.17) is 0 Å². The van der Waals surface area contributed by atoms with E-state index in [0.717, 1.165) is 23.4 Å². The number of amides is 3. The van der Waals surface area contributed by atoms with Crippen molar-refractivity contribution in [2.24, 2.45) is 5.92 Å². The van der Waals surface area contributed by atoms with Gasteiger partial charge in [-0.2, -0.15) is 0 Å². The predicted octanol–water partition coefficient (Wildman–Crippen LogP) is 2.92. The van der Waals surface area contributed by atoms with Crippen LogP contribution >= 0.6 is 0 Å². The monoisotopic (exact) mass is 328 g/mol. The van der Waals surface area contributed by atoms with Gasteiger partial charge in [0.15, 0.2) is 0 Å². The van der Waals surface area contributed by atoms with Crippen LogP contribution in [0.3, 0.4) is 0 Å². The van der Waals surface area contributed by atoms with Crippen LogP contribution in [0.1, 0.15) is 38.7 Å². The number of hydrogen-bond donors (Lipinski definition) is 1. The fourth-order valence-electron chi connectivity index (χ4n) is 2.48. The fourth-order valence-corrected chi connectivity index (χ4v) is 2.48. The zero-order valence-corrected chi connectivity index (χ0v) is 14.2. The molecule has 1 heterocycles. The standard InChI is InChI=1S/C19H24N2O3/c1-14(2)5-6-15-7-9-16(10-8-15)20-17(22)4-3-13-21-18(23)11-12-19(21)24/h7-12,14H,3-6,13H2,1-2H3,(H,20,22). The average molecular weight is 328 g/mol. The molecule has 1 aliphatic heterocycles. The third-order valence-corrected chi connectivity index (χ3v) is 3.93. The number of nitrogens with one attached hydrogen (secondary N) is 1. The van der Waals surface area contributed by atoms with Crippen molar-refractivity contribution in [2.45, 2.75) is 39.5 Å². The van der Waals surface area contributed by atoms with Crippen LogP contribution in [-0.4, -0.2) is 29.2 Å². The Morgan fingerprint density at radius 3 is 2.29 bits per heavy atom. The van der Waals surface area contributed by atoms with E-state index in [0.29, 0.717) is 12.3 Å². The average Bonchev–Trinajstić information content (AvgIpc) is 2.86. The summed E-state index contributed by atoms with van der Waals surface area (Å²) in [6.07, 6.45) is 5.42. The Bertz CT molecular complexity index is 615. The van der Waals surface area contributed by atoms with E-state index >= 15 is 0 Å². The molecular formula is C19H24N2O3. The van der Waals surface area contributed by atoms with E-state index in [1.54, 1.807) is 0 Å². The van der Waals surface area contributed by atoms with Gasteiger partial charge in [-0.15, -0.1) is 0 Å². The predicted molar refractivity (Wildman–Crippen MR) is 93.3 cm³/mol. The molecule has 5 nitrogen and oxygen atoms in total. The molecule has 0 saturated carbocycles. The molecule has 24 heavy (non-hydrogen) atoms. The summed E-state index contributed by atoms with van der Waals surface area (Å²) in [7, 11) is 0. The molecule has 3 amide bonds. The number of carbonyl (C=O) groups is 3. The topological polar surface area (TPSA) is 66.5 Å². The Morgan fingerprint density at radius 1 is 1.08 bits per heavy atom. The normalized spacial score (nSPS) is 13.9. The van der Waals surface area contributed by atoms with E-state index in [-0.39, 0.29) is 30.7 Å². The smallest absolute Gasteiger partial charge is 0.253 e. The van der Waals surface area contributed by atoms with Crippen molar-refractivity contribution < 1.29 is 14.4 Å². The summed E-state index contributed by atoms with van der Waals surface area (Å²) < 4.78 is 0. The van der Waals surface area contributed by atoms with Crippen LogP contribution in [0.4, 0.5) is 5.69 Å². The number of carbonyl (C=O) groups excluding carboxylic acids is 3. The highest BCUT2D eigenvalue weighted by atomic mass is 16.2. The first kappa shape index (κ1) is 17.9. The molecule has 0 fully saturated rings. The van der Waals surface area contributed by atoms with Gasteiger partial charge in [-0.3, -0.25) is 19.3 Å². The lowest BCUT2D eigenvalue weighted by Crippen LogP contribution is -2.31. The van der Waals surface area contributed by atoms with Crippen LogP contribution in [0.2, 0.25) is 0 Å². The molecule has 1 aliphatic rings. The van der Waals surface area contributed by atoms with Crippen molar-refractivity contribution in [3.63, 3.8) is 0 Å². The quantitative estimate of drug-likeness (QED) is 0.746. The summed E-state index contributed by atoms with van der Waals surface area (Å²) in [4.78, 5) is 35.9. The molecule has 1 aromatic carbocycles. The van der Waals surface area contributed by atoms with E-state index in [1.807, 2.05) is 24.3 Å². The lowest BCUT2D eigenvalue weighted by Gasteiger charge is -2.13. The van der Waals surface area contributed by atoms with Crippen molar-refractivity contribution >= 4 is 23.4 Å². The maximum Gasteiger partial charge on any atom is 0.253 e. The molecule has 0 bridgehead atoms. The number of anilines is 1. The highest BCUT2D eigenvalue weighted by Gasteiger charge is 2.22. The number of imide groups is 1. The zero-order chi connectivity index (χ0) is 17.5. The molecule has 0 unspecified atom stereocenters. The Morgan fingerprint density at radius 2 is 1.71 bits per heavy atom. The van der Waals surface area contributed by atoms with Gasteiger partial charge in [0.1, 0.15) is 0 Å². The number of aryl methyl sites for hydroxylation is 1. The molecule has 0 spiro atoms. The summed E-state index contributed by atoms with van der Waals surface area (Å²) >= 11 is 0. The van der Waals surface area contributed by atoms with E-state index < -0.39 is 0 Å². The van der Waals surface area contributed by atoms with E-state index in [9.17, 15) is 14.4 Å². The third kappa shape index (κ3) is 5.33. The van der Waals surface area contributed by atoms with Gasteiger partial charge >= 0.3 is 0 Å². The minimum absolute atomic E-state index is 0.114. The second kappa shape index (κ2) is 8.43. The van der Waals surface area contributed by atoms with Crippen LogP contribution in [0.15, 0.2) is 36.4 Å². The first-order valence-electron chi connectivity index (χ1n) is 8.38. The Labute approximate surface area is 142 Å². The molecule has 0 atom stereocenters. The van der Waals surface area contributed by atoms with Crippen LogP contribution in [0.25, 0.3) is 0 Å². The van der Waals surface area contributed by atoms with Crippen molar-refractivity contribution in [2.75, 3.05) is 11.9 Å². The lowest BCUT2D eigenvalue weighted by atomic mass is 10.0. The van der Waals surface area contributed by atoms with Crippen molar-refractivity contribution in [1.29, 1.82) is 0 Å². The van der Waals surface area contributed by atoms with Crippen LogP contribution in [-0.2, 0) is 20.8 Å². The molecule has 0 aliphatic carbocycles. The largest absolute Gasteiger partial charge is 0.326 e. The van der Waals surface area contributed by atoms with E-state index in [2.05, 4.69) is 19.2 Å². The number of hydrogen-bond acceptors (Lipinski definition) is 3. The van der Waals surface area contributed by atoms with Gasteiger partial charge < -0.3 is 5.32 Å². The minimum atomic E-state index is -0.308. The summed E-state index contributed by atoms with van der Waals surface area (Å²) in [6, 6.07) is 7.88. The van der Waals surface area contributed by atoms with Gasteiger partial charge in [0.2, 0.25) is 5.91 Å². The highest BCUT2D eigenvalue weighted by Crippen LogP contribution is 2.14. The van der Waals surface area contributed by atoms with Crippen molar-refractivity contribution in [1.82, 2.24) is 4.90 Å². The molecule has 0 saturated heterocycles. The molecule has 2 rings (SSSR count). The number of benzene rings is 1. The number of nitrogens with zero attached hydrogens (tertiary/aromatic N) is 1. The Balaban J connectivity index is 1.72. The molecule has 128 valence electrons. The first-order valence-corrected chi connectivity index (χ1v) is 8.38. The molecule has 1 aromatic rings. The summed E-state index contributed by atoms with van der Waals surface area (Å²) in [5.74, 6) is -0.0549. The SMILES string of the molecule is CC(C)CCc1ccc(NC(=O)CCCN2C(=O)C=CC2=O)cc1. The molecule has 5 heteroatoms. The van der Waals surface area contributed by atoms with Crippen molar-refractivity contribution in [3.05, 3.63) is 42.0 Å². The lowest BCUT2D eigenvalue weighted by molar-refractivity contribution is -0.137. The van der Waals surface area contributed by atoms with Crippen LogP contribution < -0.4 is 5.32 Å². The van der Waals surface area contributed by atoms with Gasteiger partial charge in [0, 0.05) is 30.8 Å². The van der Waals surface area contributed by atoms with Gasteiger partial charge in [0.25, 0.3) is 11.8 Å². The summed E-state index contributed by atoms with van der Waals surface area (Å²) in [5.41, 5.74) is 2.03.